The van der Waals surface area contributed by atoms with Gasteiger partial charge in [-0.25, -0.2) is 5.43 Å². The van der Waals surface area contributed by atoms with Crippen molar-refractivity contribution in [2.75, 3.05) is 41.9 Å². The molecule has 0 radical (unpaired) electrons. The normalized spacial score (nSPS) is 13.8. The zero-order chi connectivity index (χ0) is 24.0. The van der Waals surface area contributed by atoms with Gasteiger partial charge in [0.25, 0.3) is 0 Å². The molecule has 1 fully saturated rings. The molecule has 1 saturated heterocycles. The number of hydrogen-bond donors (Lipinski definition) is 2. The molecular weight excluding hydrogens is 489 g/mol. The summed E-state index contributed by atoms with van der Waals surface area (Å²) in [6, 6.07) is 18.7. The Labute approximate surface area is 211 Å². The third-order valence-corrected chi connectivity index (χ3v) is 5.97. The zero-order valence-corrected chi connectivity index (χ0v) is 20.0. The van der Waals surface area contributed by atoms with E-state index in [-0.39, 0.29) is 0 Å². The fourth-order valence-electron chi connectivity index (χ4n) is 3.44. The van der Waals surface area contributed by atoms with Crippen molar-refractivity contribution in [2.45, 2.75) is 0 Å². The largest absolute Gasteiger partial charge is 0.455 e. The Morgan fingerprint density at radius 3 is 2.51 bits per heavy atom. The van der Waals surface area contributed by atoms with Crippen LogP contribution in [0, 0.1) is 0 Å². The number of anilines is 4. The van der Waals surface area contributed by atoms with E-state index in [1.807, 2.05) is 47.4 Å². The van der Waals surface area contributed by atoms with Crippen molar-refractivity contribution in [1.29, 1.82) is 0 Å². The number of rotatable bonds is 7. The topological polar surface area (TPSA) is 101 Å². The van der Waals surface area contributed by atoms with Crippen LogP contribution in [0.15, 0.2) is 70.2 Å². The van der Waals surface area contributed by atoms with Crippen molar-refractivity contribution in [3.8, 4) is 11.3 Å². The quantitative estimate of drug-likeness (QED) is 0.250. The van der Waals surface area contributed by atoms with Crippen molar-refractivity contribution in [3.63, 3.8) is 0 Å². The van der Waals surface area contributed by atoms with Crippen molar-refractivity contribution in [2.24, 2.45) is 5.10 Å². The van der Waals surface area contributed by atoms with Crippen LogP contribution in [0.1, 0.15) is 5.76 Å². The van der Waals surface area contributed by atoms with Gasteiger partial charge in [-0.2, -0.15) is 20.1 Å². The maximum atomic E-state index is 6.29. The third kappa shape index (κ3) is 5.71. The lowest BCUT2D eigenvalue weighted by Gasteiger charge is -2.27. The number of nitrogens with zero attached hydrogens (tertiary/aromatic N) is 5. The van der Waals surface area contributed by atoms with Crippen LogP contribution in [0.25, 0.3) is 11.3 Å². The molecule has 0 spiro atoms. The summed E-state index contributed by atoms with van der Waals surface area (Å²) in [4.78, 5) is 15.6. The molecule has 0 saturated carbocycles. The van der Waals surface area contributed by atoms with Crippen LogP contribution >= 0.6 is 23.2 Å². The number of aromatic nitrogens is 3. The molecule has 0 bridgehead atoms. The van der Waals surface area contributed by atoms with Gasteiger partial charge < -0.3 is 19.4 Å². The minimum Gasteiger partial charge on any atom is -0.455 e. The first-order valence-corrected chi connectivity index (χ1v) is 11.7. The maximum Gasteiger partial charge on any atom is 0.250 e. The van der Waals surface area contributed by atoms with Gasteiger partial charge in [0.05, 0.1) is 29.5 Å². The molecular formula is C24H21Cl2N7O2. The first kappa shape index (κ1) is 23.1. The van der Waals surface area contributed by atoms with E-state index < -0.39 is 0 Å². The maximum absolute atomic E-state index is 6.29. The first-order chi connectivity index (χ1) is 17.2. The van der Waals surface area contributed by atoms with Gasteiger partial charge in [-0.05, 0) is 36.4 Å². The number of para-hydroxylation sites is 1. The molecule has 0 atom stereocenters. The molecule has 35 heavy (non-hydrogen) atoms. The lowest BCUT2D eigenvalue weighted by atomic mass is 10.2. The van der Waals surface area contributed by atoms with Crippen LogP contribution < -0.4 is 15.6 Å². The molecule has 1 aliphatic rings. The number of hydrazone groups is 1. The highest BCUT2D eigenvalue weighted by atomic mass is 35.5. The number of halogens is 2. The van der Waals surface area contributed by atoms with Gasteiger partial charge in [0.2, 0.25) is 17.8 Å². The van der Waals surface area contributed by atoms with Crippen LogP contribution in [0.3, 0.4) is 0 Å². The Bertz CT molecular complexity index is 1320. The van der Waals surface area contributed by atoms with E-state index >= 15 is 0 Å². The number of hydrogen-bond acceptors (Lipinski definition) is 9. The molecule has 2 aromatic heterocycles. The second kappa shape index (κ2) is 10.7. The van der Waals surface area contributed by atoms with E-state index in [1.165, 1.54) is 6.21 Å². The fraction of sp³-hybridized carbons (Fsp3) is 0.167. The van der Waals surface area contributed by atoms with E-state index in [0.29, 0.717) is 71.3 Å². The smallest absolute Gasteiger partial charge is 0.250 e. The second-order valence-corrected chi connectivity index (χ2v) is 8.33. The molecule has 0 amide bonds. The number of benzene rings is 2. The van der Waals surface area contributed by atoms with Gasteiger partial charge in [-0.1, -0.05) is 47.5 Å². The Balaban J connectivity index is 1.35. The van der Waals surface area contributed by atoms with E-state index in [0.717, 1.165) is 5.69 Å². The van der Waals surface area contributed by atoms with Crippen LogP contribution in [0.4, 0.5) is 23.5 Å². The summed E-state index contributed by atoms with van der Waals surface area (Å²) in [6.07, 6.45) is 1.53. The van der Waals surface area contributed by atoms with Crippen molar-refractivity contribution in [1.82, 2.24) is 15.0 Å². The second-order valence-electron chi connectivity index (χ2n) is 7.55. The van der Waals surface area contributed by atoms with E-state index in [2.05, 4.69) is 30.8 Å². The Morgan fingerprint density at radius 2 is 1.69 bits per heavy atom. The van der Waals surface area contributed by atoms with Crippen LogP contribution in [-0.4, -0.2) is 47.5 Å². The van der Waals surface area contributed by atoms with Gasteiger partial charge in [0.1, 0.15) is 11.5 Å². The minimum atomic E-state index is 0.292. The summed E-state index contributed by atoms with van der Waals surface area (Å²) < 4.78 is 11.3. The summed E-state index contributed by atoms with van der Waals surface area (Å²) in [7, 11) is 0. The highest BCUT2D eigenvalue weighted by Crippen LogP contribution is 2.34. The standard InChI is InChI=1S/C24H21Cl2N7O2/c25-19-8-4-7-18(21(19)26)20-10-9-17(35-20)15-27-32-23-29-22(28-16-5-2-1-3-6-16)30-24(31-23)33-11-13-34-14-12-33/h1-10,15H,11-14H2,(H2,28,29,30,31,32)/b27-15-. The first-order valence-electron chi connectivity index (χ1n) is 10.9. The lowest BCUT2D eigenvalue weighted by Crippen LogP contribution is -2.37. The van der Waals surface area contributed by atoms with Crippen LogP contribution in [-0.2, 0) is 4.74 Å². The predicted octanol–water partition coefficient (Wildman–Crippen LogP) is 5.46. The summed E-state index contributed by atoms with van der Waals surface area (Å²) in [5.74, 6) is 2.34. The molecule has 0 aliphatic carbocycles. The predicted molar refractivity (Wildman–Crippen MR) is 138 cm³/mol. The molecule has 0 unspecified atom stereocenters. The molecule has 178 valence electrons. The Kier molecular flexibility index (Phi) is 7.08. The Hall–Kier alpha value is -3.66. The molecule has 11 heteroatoms. The van der Waals surface area contributed by atoms with Gasteiger partial charge >= 0.3 is 0 Å². The molecule has 4 aromatic rings. The van der Waals surface area contributed by atoms with E-state index in [9.17, 15) is 0 Å². The van der Waals surface area contributed by atoms with Crippen LogP contribution in [0.2, 0.25) is 10.0 Å². The fourth-order valence-corrected chi connectivity index (χ4v) is 3.83. The van der Waals surface area contributed by atoms with E-state index in [1.54, 1.807) is 18.2 Å². The SMILES string of the molecule is Clc1cccc(-c2ccc(/C=N\Nc3nc(Nc4ccccc4)nc(N4CCOCC4)n3)o2)c1Cl. The minimum absolute atomic E-state index is 0.292. The third-order valence-electron chi connectivity index (χ3n) is 5.15. The molecule has 9 nitrogen and oxygen atoms in total. The zero-order valence-electron chi connectivity index (χ0n) is 18.5. The van der Waals surface area contributed by atoms with Crippen molar-refractivity contribution in [3.05, 3.63) is 76.5 Å². The number of morpholine rings is 1. The number of furan rings is 1. The van der Waals surface area contributed by atoms with Gasteiger partial charge in [0.15, 0.2) is 0 Å². The number of ether oxygens (including phenoxy) is 1. The number of nitrogens with one attached hydrogen (secondary N) is 2. The average Bonchev–Trinajstić information content (AvgIpc) is 3.35. The molecule has 2 N–H and O–H groups in total. The Morgan fingerprint density at radius 1 is 0.886 bits per heavy atom. The monoisotopic (exact) mass is 509 g/mol. The molecule has 5 rings (SSSR count). The average molecular weight is 510 g/mol. The summed E-state index contributed by atoms with van der Waals surface area (Å²) in [6.45, 7) is 2.62. The highest BCUT2D eigenvalue weighted by Gasteiger charge is 2.17. The van der Waals surface area contributed by atoms with Gasteiger partial charge in [-0.15, -0.1) is 0 Å². The molecule has 3 heterocycles. The van der Waals surface area contributed by atoms with Crippen molar-refractivity contribution < 1.29 is 9.15 Å². The van der Waals surface area contributed by atoms with Gasteiger partial charge in [0, 0.05) is 24.3 Å². The van der Waals surface area contributed by atoms with Gasteiger partial charge in [-0.3, -0.25) is 0 Å². The van der Waals surface area contributed by atoms with E-state index in [4.69, 9.17) is 32.4 Å². The van der Waals surface area contributed by atoms with Crippen molar-refractivity contribution >= 4 is 52.9 Å². The summed E-state index contributed by atoms with van der Waals surface area (Å²) in [5, 5.41) is 8.35. The molecule has 2 aromatic carbocycles. The summed E-state index contributed by atoms with van der Waals surface area (Å²) >= 11 is 12.4. The summed E-state index contributed by atoms with van der Waals surface area (Å²) in [5.41, 5.74) is 4.44. The lowest BCUT2D eigenvalue weighted by molar-refractivity contribution is 0.122. The molecule has 1 aliphatic heterocycles. The highest BCUT2D eigenvalue weighted by molar-refractivity contribution is 6.43. The van der Waals surface area contributed by atoms with Crippen LogP contribution in [0.5, 0.6) is 0 Å².